The number of rotatable bonds is 6. The van der Waals surface area contributed by atoms with E-state index in [4.69, 9.17) is 9.72 Å². The number of nitrogens with zero attached hydrogens (tertiary/aromatic N) is 7. The minimum absolute atomic E-state index is 0.121. The zero-order chi connectivity index (χ0) is 32.8. The summed E-state index contributed by atoms with van der Waals surface area (Å²) in [4.78, 5) is 72.9. The Balaban J connectivity index is 1.56. The third-order valence-corrected chi connectivity index (χ3v) is 7.94. The second kappa shape index (κ2) is 11.8. The molecule has 14 nitrogen and oxygen atoms in total. The number of aryl methyl sites for hydroxylation is 3. The van der Waals surface area contributed by atoms with Crippen molar-refractivity contribution in [2.45, 2.75) is 65.3 Å². The van der Waals surface area contributed by atoms with Crippen LogP contribution in [0, 0.1) is 11.8 Å². The fourth-order valence-corrected chi connectivity index (χ4v) is 5.83. The van der Waals surface area contributed by atoms with Crippen LogP contribution in [-0.2, 0) is 39.0 Å². The van der Waals surface area contributed by atoms with Crippen LogP contribution < -0.4 is 27.2 Å². The lowest BCUT2D eigenvalue weighted by Gasteiger charge is -2.34. The van der Waals surface area contributed by atoms with E-state index in [1.54, 1.807) is 64.6 Å². The van der Waals surface area contributed by atoms with Crippen LogP contribution >= 0.6 is 0 Å². The minimum atomic E-state index is -0.698. The minimum Gasteiger partial charge on any atom is -0.444 e. The highest BCUT2D eigenvalue weighted by atomic mass is 16.6. The van der Waals surface area contributed by atoms with Gasteiger partial charge in [-0.15, -0.1) is 5.92 Å². The van der Waals surface area contributed by atoms with Gasteiger partial charge in [0, 0.05) is 45.8 Å². The molecule has 1 unspecified atom stereocenters. The molecule has 1 fully saturated rings. The molecule has 1 saturated heterocycles. The van der Waals surface area contributed by atoms with Gasteiger partial charge in [0.1, 0.15) is 5.60 Å². The summed E-state index contributed by atoms with van der Waals surface area (Å²) < 4.78 is 12.1. The average molecular weight is 619 g/mol. The van der Waals surface area contributed by atoms with Crippen molar-refractivity contribution in [3.8, 4) is 11.8 Å². The highest BCUT2D eigenvalue weighted by Crippen LogP contribution is 2.24. The van der Waals surface area contributed by atoms with Crippen LogP contribution in [0.5, 0.6) is 0 Å². The Morgan fingerprint density at radius 1 is 1.02 bits per heavy atom. The van der Waals surface area contributed by atoms with Gasteiger partial charge in [0.25, 0.3) is 5.56 Å². The summed E-state index contributed by atoms with van der Waals surface area (Å²) in [5.41, 5.74) is -0.798. The molecular weight excluding hydrogens is 580 g/mol. The molecule has 4 aromatic rings. The Kier molecular flexibility index (Phi) is 8.22. The standard InChI is InChI=1S/C31H38N8O6/c1-8-9-16-38-24-25(33-27(38)37-15-11-12-19(17-37)32-28(42)45-31(2,3)4)36(7)30(44)39(26(24)41)18-22(40)20-13-10-14-21-23(20)35(6)29(43)34(21)5/h10,13-14,19H,11-12,15-18H2,1-7H3,(H,32,42). The fourth-order valence-electron chi connectivity index (χ4n) is 5.83. The van der Waals surface area contributed by atoms with Crippen molar-refractivity contribution in [2.24, 2.45) is 21.1 Å². The number of amides is 1. The molecule has 0 aliphatic carbocycles. The van der Waals surface area contributed by atoms with Gasteiger partial charge in [-0.2, -0.15) is 4.98 Å². The number of carbonyl (C=O) groups is 2. The number of alkyl carbamates (subject to hydrolysis) is 1. The van der Waals surface area contributed by atoms with Crippen LogP contribution in [-0.4, -0.2) is 64.4 Å². The molecule has 1 N–H and O–H groups in total. The van der Waals surface area contributed by atoms with E-state index < -0.39 is 35.3 Å². The predicted molar refractivity (Wildman–Crippen MR) is 170 cm³/mol. The van der Waals surface area contributed by atoms with E-state index in [1.807, 2.05) is 4.90 Å². The molecule has 0 spiro atoms. The smallest absolute Gasteiger partial charge is 0.407 e. The second-order valence-corrected chi connectivity index (χ2v) is 12.3. The molecule has 3 aromatic heterocycles. The van der Waals surface area contributed by atoms with E-state index in [-0.39, 0.29) is 35.0 Å². The lowest BCUT2D eigenvalue weighted by molar-refractivity contribution is 0.0499. The molecule has 1 aliphatic rings. The molecule has 45 heavy (non-hydrogen) atoms. The van der Waals surface area contributed by atoms with Crippen molar-refractivity contribution in [3.05, 3.63) is 55.1 Å². The van der Waals surface area contributed by atoms with Gasteiger partial charge in [-0.25, -0.2) is 14.4 Å². The number of nitrogens with one attached hydrogen (secondary N) is 1. The second-order valence-electron chi connectivity index (χ2n) is 12.3. The van der Waals surface area contributed by atoms with Crippen molar-refractivity contribution in [3.63, 3.8) is 0 Å². The monoisotopic (exact) mass is 618 g/mol. The number of para-hydroxylation sites is 1. The van der Waals surface area contributed by atoms with E-state index in [9.17, 15) is 24.0 Å². The first-order valence-corrected chi connectivity index (χ1v) is 14.7. The topological polar surface area (TPSA) is 147 Å². The highest BCUT2D eigenvalue weighted by molar-refractivity contribution is 6.06. The number of ether oxygens (including phenoxy) is 1. The van der Waals surface area contributed by atoms with Gasteiger partial charge in [0.15, 0.2) is 16.9 Å². The number of piperidine rings is 1. The van der Waals surface area contributed by atoms with Gasteiger partial charge >= 0.3 is 17.5 Å². The van der Waals surface area contributed by atoms with Gasteiger partial charge < -0.3 is 15.0 Å². The molecule has 1 aromatic carbocycles. The van der Waals surface area contributed by atoms with Gasteiger partial charge in [0.2, 0.25) is 5.95 Å². The van der Waals surface area contributed by atoms with Crippen LogP contribution in [0.15, 0.2) is 32.6 Å². The molecule has 1 amide bonds. The van der Waals surface area contributed by atoms with Gasteiger partial charge in [-0.3, -0.25) is 32.4 Å². The van der Waals surface area contributed by atoms with Gasteiger partial charge in [-0.1, -0.05) is 12.0 Å². The number of anilines is 1. The predicted octanol–water partition coefficient (Wildman–Crippen LogP) is 1.49. The number of ketones is 1. The number of hydrogen-bond acceptors (Lipinski definition) is 8. The van der Waals surface area contributed by atoms with E-state index >= 15 is 0 Å². The third-order valence-electron chi connectivity index (χ3n) is 7.94. The van der Waals surface area contributed by atoms with E-state index in [0.29, 0.717) is 30.1 Å². The number of benzene rings is 1. The molecule has 0 saturated carbocycles. The largest absolute Gasteiger partial charge is 0.444 e. The Morgan fingerprint density at radius 2 is 1.76 bits per heavy atom. The summed E-state index contributed by atoms with van der Waals surface area (Å²) in [7, 11) is 4.69. The summed E-state index contributed by atoms with van der Waals surface area (Å²) in [6, 6.07) is 4.74. The third kappa shape index (κ3) is 5.77. The lowest BCUT2D eigenvalue weighted by atomic mass is 10.1. The molecule has 1 atom stereocenters. The maximum atomic E-state index is 14.0. The molecule has 4 heterocycles. The zero-order valence-electron chi connectivity index (χ0n) is 26.6. The summed E-state index contributed by atoms with van der Waals surface area (Å²) in [6.07, 6.45) is 0.965. The first-order valence-electron chi connectivity index (χ1n) is 14.7. The zero-order valence-corrected chi connectivity index (χ0v) is 26.6. The SMILES string of the molecule is CC#CCn1c(N2CCCC(NC(=O)OC(C)(C)C)C2)nc2c1c(=O)n(CC(=O)c1cccc3c1n(C)c(=O)n3C)c(=O)n2C. The van der Waals surface area contributed by atoms with Crippen molar-refractivity contribution < 1.29 is 14.3 Å². The maximum absolute atomic E-state index is 14.0. The highest BCUT2D eigenvalue weighted by Gasteiger charge is 2.29. The maximum Gasteiger partial charge on any atom is 0.407 e. The summed E-state index contributed by atoms with van der Waals surface area (Å²) in [5, 5.41) is 2.92. The Labute approximate surface area is 258 Å². The van der Waals surface area contributed by atoms with E-state index in [1.165, 1.54) is 20.7 Å². The molecule has 238 valence electrons. The number of carbonyl (C=O) groups excluding carboxylic acids is 2. The van der Waals surface area contributed by atoms with Crippen molar-refractivity contribution in [1.82, 2.24) is 33.1 Å². The van der Waals surface area contributed by atoms with Crippen LogP contribution in [0.3, 0.4) is 0 Å². The van der Waals surface area contributed by atoms with E-state index in [0.717, 1.165) is 17.4 Å². The van der Waals surface area contributed by atoms with Crippen molar-refractivity contribution >= 4 is 40.0 Å². The first kappa shape index (κ1) is 31.4. The van der Waals surface area contributed by atoms with Crippen molar-refractivity contribution in [1.29, 1.82) is 0 Å². The lowest BCUT2D eigenvalue weighted by Crippen LogP contribution is -2.49. The Bertz CT molecular complexity index is 2070. The van der Waals surface area contributed by atoms with Crippen LogP contribution in [0.4, 0.5) is 10.7 Å². The van der Waals surface area contributed by atoms with Crippen LogP contribution in [0.2, 0.25) is 0 Å². The average Bonchev–Trinajstić information content (AvgIpc) is 3.47. The fraction of sp³-hybridized carbons (Fsp3) is 0.484. The van der Waals surface area contributed by atoms with Crippen LogP contribution in [0.25, 0.3) is 22.2 Å². The molecule has 1 aliphatic heterocycles. The molecule has 0 radical (unpaired) electrons. The Hall–Kier alpha value is -5.06. The van der Waals surface area contributed by atoms with Gasteiger partial charge in [0.05, 0.1) is 24.1 Å². The number of fused-ring (bicyclic) bond motifs is 2. The summed E-state index contributed by atoms with van der Waals surface area (Å²) >= 11 is 0. The first-order chi connectivity index (χ1) is 21.2. The summed E-state index contributed by atoms with van der Waals surface area (Å²) in [5.74, 6) is 5.78. The number of hydrogen-bond donors (Lipinski definition) is 1. The quantitative estimate of drug-likeness (QED) is 0.253. The molecule has 5 rings (SSSR count). The van der Waals surface area contributed by atoms with Crippen LogP contribution in [0.1, 0.15) is 50.9 Å². The Morgan fingerprint density at radius 3 is 2.44 bits per heavy atom. The molecule has 0 bridgehead atoms. The van der Waals surface area contributed by atoms with Crippen molar-refractivity contribution in [2.75, 3.05) is 18.0 Å². The summed E-state index contributed by atoms with van der Waals surface area (Å²) in [6.45, 7) is 7.68. The van der Waals surface area contributed by atoms with E-state index in [2.05, 4.69) is 17.2 Å². The van der Waals surface area contributed by atoms with Gasteiger partial charge in [-0.05, 0) is 52.7 Å². The molecule has 14 heteroatoms. The number of imidazole rings is 2. The normalized spacial score (nSPS) is 15.3. The number of Topliss-reactive ketones (excluding diaryl/α,β-unsaturated/α-hetero) is 1. The number of aromatic nitrogens is 6. The molecular formula is C31H38N8O6.